The Labute approximate surface area is 107 Å². The summed E-state index contributed by atoms with van der Waals surface area (Å²) in [6.07, 6.45) is 0.795. The van der Waals surface area contributed by atoms with Gasteiger partial charge in [-0.25, -0.2) is 4.39 Å². The van der Waals surface area contributed by atoms with Gasteiger partial charge in [0.05, 0.1) is 11.6 Å². The van der Waals surface area contributed by atoms with E-state index in [0.717, 1.165) is 6.42 Å². The molecule has 2 nitrogen and oxygen atoms in total. The number of benzene rings is 1. The Kier molecular flexibility index (Phi) is 5.22. The first kappa shape index (κ1) is 14.3. The molecule has 0 aliphatic carbocycles. The topological polar surface area (TPSA) is 35.2 Å². The molecular weight excluding hydrogens is 241 g/mol. The fourth-order valence-electron chi connectivity index (χ4n) is 1.72. The summed E-state index contributed by atoms with van der Waals surface area (Å²) >= 11 is 5.97. The zero-order valence-electron chi connectivity index (χ0n) is 10.5. The van der Waals surface area contributed by atoms with Gasteiger partial charge in [-0.15, -0.1) is 0 Å². The lowest BCUT2D eigenvalue weighted by molar-refractivity contribution is 0.321. The number of halogens is 2. The molecule has 0 unspecified atom stereocenters. The first-order valence-corrected chi connectivity index (χ1v) is 6.20. The molecule has 96 valence electrons. The predicted octanol–water partition coefficient (Wildman–Crippen LogP) is 3.92. The predicted molar refractivity (Wildman–Crippen MR) is 69.0 cm³/mol. The Hall–Kier alpha value is -0.800. The second-order valence-corrected chi connectivity index (χ2v) is 4.89. The van der Waals surface area contributed by atoms with Crippen molar-refractivity contribution >= 4 is 11.6 Å². The van der Waals surface area contributed by atoms with Crippen LogP contribution in [0.1, 0.15) is 38.8 Å². The van der Waals surface area contributed by atoms with E-state index < -0.39 is 5.82 Å². The maximum Gasteiger partial charge on any atom is 0.173 e. The highest BCUT2D eigenvalue weighted by atomic mass is 35.5. The van der Waals surface area contributed by atoms with Crippen molar-refractivity contribution in [3.05, 3.63) is 28.5 Å². The molecule has 1 rings (SSSR count). The van der Waals surface area contributed by atoms with Crippen LogP contribution < -0.4 is 10.5 Å². The molecule has 1 aromatic carbocycles. The highest BCUT2D eigenvalue weighted by Gasteiger charge is 2.15. The molecule has 0 radical (unpaired) electrons. The van der Waals surface area contributed by atoms with E-state index in [1.165, 1.54) is 6.07 Å². The molecule has 0 saturated carbocycles. The zero-order chi connectivity index (χ0) is 13.0. The van der Waals surface area contributed by atoms with Crippen LogP contribution >= 0.6 is 11.6 Å². The van der Waals surface area contributed by atoms with E-state index >= 15 is 0 Å². The maximum absolute atomic E-state index is 13.7. The summed E-state index contributed by atoms with van der Waals surface area (Å²) in [5.74, 6) is 0.113. The lowest BCUT2D eigenvalue weighted by atomic mass is 9.98. The molecule has 17 heavy (non-hydrogen) atoms. The van der Waals surface area contributed by atoms with Gasteiger partial charge >= 0.3 is 0 Å². The Morgan fingerprint density at radius 3 is 2.53 bits per heavy atom. The minimum absolute atomic E-state index is 0.106. The summed E-state index contributed by atoms with van der Waals surface area (Å²) in [7, 11) is 0. The van der Waals surface area contributed by atoms with Gasteiger partial charge < -0.3 is 10.5 Å². The monoisotopic (exact) mass is 259 g/mol. The molecule has 0 bridgehead atoms. The molecule has 1 atom stereocenters. The third-order valence-corrected chi connectivity index (χ3v) is 2.74. The number of rotatable bonds is 5. The van der Waals surface area contributed by atoms with E-state index in [9.17, 15) is 4.39 Å². The van der Waals surface area contributed by atoms with Crippen LogP contribution in [0.25, 0.3) is 0 Å². The number of hydrogen-bond acceptors (Lipinski definition) is 2. The second kappa shape index (κ2) is 6.22. The minimum Gasteiger partial charge on any atom is -0.489 e. The highest BCUT2D eigenvalue weighted by Crippen LogP contribution is 2.32. The average Bonchev–Trinajstić information content (AvgIpc) is 2.22. The SMILES string of the molecule is CCOc1c(F)cc([C@@H](N)CC(C)C)cc1Cl. The van der Waals surface area contributed by atoms with Crippen LogP contribution in [-0.4, -0.2) is 6.61 Å². The quantitative estimate of drug-likeness (QED) is 0.870. The average molecular weight is 260 g/mol. The van der Waals surface area contributed by atoms with Crippen molar-refractivity contribution in [1.82, 2.24) is 0 Å². The fourth-order valence-corrected chi connectivity index (χ4v) is 1.99. The van der Waals surface area contributed by atoms with E-state index in [0.29, 0.717) is 18.1 Å². The largest absolute Gasteiger partial charge is 0.489 e. The number of nitrogens with two attached hydrogens (primary N) is 1. The summed E-state index contributed by atoms with van der Waals surface area (Å²) in [6.45, 7) is 6.32. The summed E-state index contributed by atoms with van der Waals surface area (Å²) in [6, 6.07) is 2.89. The molecule has 2 N–H and O–H groups in total. The Morgan fingerprint density at radius 2 is 2.06 bits per heavy atom. The second-order valence-electron chi connectivity index (χ2n) is 4.48. The molecule has 0 aliphatic rings. The number of hydrogen-bond donors (Lipinski definition) is 1. The third-order valence-electron chi connectivity index (χ3n) is 2.46. The molecular formula is C13H19ClFNO. The molecule has 0 spiro atoms. The molecule has 0 saturated heterocycles. The molecule has 0 amide bonds. The lowest BCUT2D eigenvalue weighted by Gasteiger charge is -2.16. The van der Waals surface area contributed by atoms with Gasteiger partial charge in [-0.05, 0) is 37.0 Å². The molecule has 0 aromatic heterocycles. The van der Waals surface area contributed by atoms with Crippen molar-refractivity contribution in [3.63, 3.8) is 0 Å². The van der Waals surface area contributed by atoms with E-state index in [2.05, 4.69) is 13.8 Å². The fraction of sp³-hybridized carbons (Fsp3) is 0.538. The van der Waals surface area contributed by atoms with Gasteiger partial charge in [0.2, 0.25) is 0 Å². The molecule has 0 aliphatic heterocycles. The zero-order valence-corrected chi connectivity index (χ0v) is 11.2. The van der Waals surface area contributed by atoms with Gasteiger partial charge in [0.1, 0.15) is 0 Å². The summed E-state index contributed by atoms with van der Waals surface area (Å²) in [5.41, 5.74) is 6.70. The molecule has 0 fully saturated rings. The van der Waals surface area contributed by atoms with E-state index in [4.69, 9.17) is 22.1 Å². The minimum atomic E-state index is -0.450. The maximum atomic E-state index is 13.7. The summed E-state index contributed by atoms with van der Waals surface area (Å²) in [5, 5.41) is 0.279. The van der Waals surface area contributed by atoms with Gasteiger partial charge in [-0.3, -0.25) is 0 Å². The Morgan fingerprint density at radius 1 is 1.41 bits per heavy atom. The van der Waals surface area contributed by atoms with Crippen molar-refractivity contribution in [1.29, 1.82) is 0 Å². The van der Waals surface area contributed by atoms with Crippen LogP contribution in [0.4, 0.5) is 4.39 Å². The van der Waals surface area contributed by atoms with E-state index in [1.807, 2.05) is 0 Å². The van der Waals surface area contributed by atoms with Crippen molar-refractivity contribution in [2.75, 3.05) is 6.61 Å². The van der Waals surface area contributed by atoms with Crippen LogP contribution in [0.5, 0.6) is 5.75 Å². The molecule has 4 heteroatoms. The summed E-state index contributed by atoms with van der Waals surface area (Å²) in [4.78, 5) is 0. The number of ether oxygens (including phenoxy) is 1. The Balaban J connectivity index is 2.97. The normalized spacial score (nSPS) is 12.9. The van der Waals surface area contributed by atoms with Gasteiger partial charge in [-0.2, -0.15) is 0 Å². The van der Waals surface area contributed by atoms with Gasteiger partial charge in [0.15, 0.2) is 11.6 Å². The van der Waals surface area contributed by atoms with Gasteiger partial charge in [0.25, 0.3) is 0 Å². The first-order valence-electron chi connectivity index (χ1n) is 5.83. The van der Waals surface area contributed by atoms with Crippen LogP contribution in [0, 0.1) is 11.7 Å². The smallest absolute Gasteiger partial charge is 0.173 e. The van der Waals surface area contributed by atoms with Crippen molar-refractivity contribution in [3.8, 4) is 5.75 Å². The highest BCUT2D eigenvalue weighted by molar-refractivity contribution is 6.32. The van der Waals surface area contributed by atoms with E-state index in [1.54, 1.807) is 13.0 Å². The lowest BCUT2D eigenvalue weighted by Crippen LogP contribution is -2.13. The van der Waals surface area contributed by atoms with Crippen molar-refractivity contribution < 1.29 is 9.13 Å². The molecule has 1 aromatic rings. The van der Waals surface area contributed by atoms with E-state index in [-0.39, 0.29) is 16.8 Å². The first-order chi connectivity index (χ1) is 7.95. The van der Waals surface area contributed by atoms with Crippen molar-refractivity contribution in [2.45, 2.75) is 33.2 Å². The van der Waals surface area contributed by atoms with Crippen LogP contribution in [0.15, 0.2) is 12.1 Å². The summed E-state index contributed by atoms with van der Waals surface area (Å²) < 4.78 is 18.9. The van der Waals surface area contributed by atoms with Crippen LogP contribution in [-0.2, 0) is 0 Å². The van der Waals surface area contributed by atoms with Gasteiger partial charge in [0, 0.05) is 6.04 Å². The van der Waals surface area contributed by atoms with Crippen LogP contribution in [0.2, 0.25) is 5.02 Å². The third kappa shape index (κ3) is 3.86. The molecule has 0 heterocycles. The van der Waals surface area contributed by atoms with Gasteiger partial charge in [-0.1, -0.05) is 25.4 Å². The van der Waals surface area contributed by atoms with Crippen LogP contribution in [0.3, 0.4) is 0 Å². The van der Waals surface area contributed by atoms with Crippen molar-refractivity contribution in [2.24, 2.45) is 11.7 Å². The Bertz CT molecular complexity index is 359. The standard InChI is InChI=1S/C13H19ClFNO/c1-4-17-13-10(14)6-9(7-11(13)15)12(16)5-8(2)3/h6-8,12H,4-5,16H2,1-3H3/t12-/m0/s1.